The maximum absolute atomic E-state index is 13.5. The van der Waals surface area contributed by atoms with Crippen LogP contribution in [0.25, 0.3) is 16.9 Å². The summed E-state index contributed by atoms with van der Waals surface area (Å²) in [5, 5.41) is 8.39. The van der Waals surface area contributed by atoms with Gasteiger partial charge in [-0.15, -0.1) is 5.10 Å². The lowest BCUT2D eigenvalue weighted by Gasteiger charge is -2.26. The maximum Gasteiger partial charge on any atom is 0.406 e. The molecule has 0 N–H and O–H groups in total. The average Bonchev–Trinajstić information content (AvgIpc) is 3.52. The quantitative estimate of drug-likeness (QED) is 0.374. The Morgan fingerprint density at radius 3 is 2.59 bits per heavy atom. The first-order valence-electron chi connectivity index (χ1n) is 11.7. The predicted octanol–water partition coefficient (Wildman–Crippen LogP) is 5.09. The maximum atomic E-state index is 13.5. The Bertz CT molecular complexity index is 1440. The van der Waals surface area contributed by atoms with Crippen LogP contribution in [-0.2, 0) is 4.79 Å². The van der Waals surface area contributed by atoms with Crippen molar-refractivity contribution >= 4 is 11.6 Å². The topological polar surface area (TPSA) is 78.1 Å². The minimum atomic E-state index is -4.56. The zero-order valence-corrected chi connectivity index (χ0v) is 20.5. The number of benzene rings is 2. The van der Waals surface area contributed by atoms with Crippen LogP contribution in [0.3, 0.4) is 0 Å². The van der Waals surface area contributed by atoms with Crippen molar-refractivity contribution in [3.63, 3.8) is 0 Å². The van der Waals surface area contributed by atoms with Gasteiger partial charge in [-0.25, -0.2) is 9.67 Å². The molecule has 0 bridgehead atoms. The van der Waals surface area contributed by atoms with Crippen molar-refractivity contribution in [1.29, 1.82) is 0 Å². The van der Waals surface area contributed by atoms with Crippen LogP contribution in [0.2, 0.25) is 0 Å². The fourth-order valence-electron chi connectivity index (χ4n) is 4.74. The Morgan fingerprint density at radius 1 is 1.11 bits per heavy atom. The molecule has 0 saturated heterocycles. The van der Waals surface area contributed by atoms with Gasteiger partial charge in [-0.1, -0.05) is 36.4 Å². The number of para-hydroxylation sites is 1. The zero-order valence-electron chi connectivity index (χ0n) is 20.5. The second kappa shape index (κ2) is 9.38. The van der Waals surface area contributed by atoms with Crippen molar-refractivity contribution in [2.24, 2.45) is 0 Å². The molecule has 1 aliphatic rings. The standard InChI is InChI=1S/C26H25F3N6O2/c1-16-10-23(25(36)34(14-26(27,28)29)21-7-5-4-6-19(16)21)35-13-20(31-32-35)18-8-9-22(24(11-18)37-3)33-12-17(2)30-15-33/h4-9,11-13,15-16,23H,10,14H2,1-3H3/t16-,23?/m0/s1. The molecule has 0 fully saturated rings. The van der Waals surface area contributed by atoms with Gasteiger partial charge in [0.2, 0.25) is 0 Å². The number of aryl methyl sites for hydroxylation is 1. The SMILES string of the molecule is COc1cc(-c2cn(C3C[C@H](C)c4ccccc4N(CC(F)(F)F)C3=O)nn2)ccc1-n1cnc(C)c1. The van der Waals surface area contributed by atoms with E-state index in [4.69, 9.17) is 4.74 Å². The average molecular weight is 511 g/mol. The highest BCUT2D eigenvalue weighted by Crippen LogP contribution is 2.40. The lowest BCUT2D eigenvalue weighted by Crippen LogP contribution is -2.42. The Kier molecular flexibility index (Phi) is 6.22. The number of ether oxygens (including phenoxy) is 1. The molecule has 2 aromatic carbocycles. The number of methoxy groups -OCH3 is 1. The molecule has 3 heterocycles. The number of rotatable bonds is 5. The van der Waals surface area contributed by atoms with Gasteiger partial charge in [-0.3, -0.25) is 4.79 Å². The van der Waals surface area contributed by atoms with Crippen LogP contribution in [0.15, 0.2) is 61.2 Å². The smallest absolute Gasteiger partial charge is 0.406 e. The summed E-state index contributed by atoms with van der Waals surface area (Å²) in [5.41, 5.74) is 3.77. The summed E-state index contributed by atoms with van der Waals surface area (Å²) in [6.45, 7) is 2.41. The monoisotopic (exact) mass is 510 g/mol. The molecule has 8 nitrogen and oxygen atoms in total. The van der Waals surface area contributed by atoms with Crippen molar-refractivity contribution in [3.8, 4) is 22.7 Å². The predicted molar refractivity (Wildman–Crippen MR) is 131 cm³/mol. The highest BCUT2D eigenvalue weighted by molar-refractivity contribution is 5.98. The van der Waals surface area contributed by atoms with Crippen LogP contribution in [0.5, 0.6) is 5.75 Å². The Morgan fingerprint density at radius 2 is 1.89 bits per heavy atom. The van der Waals surface area contributed by atoms with Gasteiger partial charge < -0.3 is 14.2 Å². The lowest BCUT2D eigenvalue weighted by molar-refractivity contribution is -0.134. The van der Waals surface area contributed by atoms with E-state index in [0.717, 1.165) is 16.3 Å². The Hall–Kier alpha value is -4.15. The number of imidazole rings is 1. The van der Waals surface area contributed by atoms with Crippen LogP contribution < -0.4 is 9.64 Å². The van der Waals surface area contributed by atoms with Crippen molar-refractivity contribution < 1.29 is 22.7 Å². The molecule has 5 rings (SSSR count). The molecule has 1 unspecified atom stereocenters. The second-order valence-corrected chi connectivity index (χ2v) is 9.14. The van der Waals surface area contributed by atoms with E-state index in [-0.39, 0.29) is 18.0 Å². The first-order valence-corrected chi connectivity index (χ1v) is 11.7. The van der Waals surface area contributed by atoms with Gasteiger partial charge in [-0.05, 0) is 43.0 Å². The third-order valence-corrected chi connectivity index (χ3v) is 6.52. The highest BCUT2D eigenvalue weighted by atomic mass is 19.4. The molecule has 2 atom stereocenters. The molecule has 0 saturated carbocycles. The summed E-state index contributed by atoms with van der Waals surface area (Å²) < 4.78 is 49.2. The number of aromatic nitrogens is 5. The van der Waals surface area contributed by atoms with Crippen molar-refractivity contribution in [2.75, 3.05) is 18.6 Å². The first kappa shape index (κ1) is 24.5. The molecule has 1 aliphatic heterocycles. The second-order valence-electron chi connectivity index (χ2n) is 9.14. The molecule has 192 valence electrons. The normalized spacial score (nSPS) is 18.0. The summed E-state index contributed by atoms with van der Waals surface area (Å²) in [6, 6.07) is 11.3. The number of amides is 1. The minimum absolute atomic E-state index is 0.172. The van der Waals surface area contributed by atoms with E-state index < -0.39 is 24.7 Å². The Balaban J connectivity index is 1.49. The fourth-order valence-corrected chi connectivity index (χ4v) is 4.74. The highest BCUT2D eigenvalue weighted by Gasteiger charge is 2.41. The van der Waals surface area contributed by atoms with Gasteiger partial charge in [0.1, 0.15) is 24.0 Å². The number of carbonyl (C=O) groups excluding carboxylic acids is 1. The summed E-state index contributed by atoms with van der Waals surface area (Å²) in [7, 11) is 1.56. The van der Waals surface area contributed by atoms with Crippen molar-refractivity contribution in [3.05, 3.63) is 72.4 Å². The van der Waals surface area contributed by atoms with E-state index >= 15 is 0 Å². The summed E-state index contributed by atoms with van der Waals surface area (Å²) in [6.07, 6.45) is 0.882. The largest absolute Gasteiger partial charge is 0.495 e. The van der Waals surface area contributed by atoms with Crippen LogP contribution in [-0.4, -0.2) is 50.3 Å². The number of fused-ring (bicyclic) bond motifs is 1. The van der Waals surface area contributed by atoms with Gasteiger partial charge in [0.15, 0.2) is 0 Å². The summed E-state index contributed by atoms with van der Waals surface area (Å²) in [5.74, 6) is -0.265. The summed E-state index contributed by atoms with van der Waals surface area (Å²) >= 11 is 0. The van der Waals surface area contributed by atoms with Gasteiger partial charge in [0.05, 0.1) is 31.0 Å². The number of nitrogens with zero attached hydrogens (tertiary/aromatic N) is 6. The molecular formula is C26H25F3N6O2. The van der Waals surface area contributed by atoms with Gasteiger partial charge in [-0.2, -0.15) is 13.2 Å². The van der Waals surface area contributed by atoms with Crippen LogP contribution >= 0.6 is 0 Å². The van der Waals surface area contributed by atoms with E-state index in [0.29, 0.717) is 22.6 Å². The van der Waals surface area contributed by atoms with Gasteiger partial charge in [0, 0.05) is 17.4 Å². The number of carbonyl (C=O) groups is 1. The molecule has 37 heavy (non-hydrogen) atoms. The van der Waals surface area contributed by atoms with E-state index in [9.17, 15) is 18.0 Å². The van der Waals surface area contributed by atoms with Crippen LogP contribution in [0.4, 0.5) is 18.9 Å². The van der Waals surface area contributed by atoms with Crippen LogP contribution in [0, 0.1) is 6.92 Å². The molecule has 0 spiro atoms. The third kappa shape index (κ3) is 4.81. The number of halogens is 3. The molecule has 4 aromatic rings. The molecule has 11 heteroatoms. The van der Waals surface area contributed by atoms with Gasteiger partial charge >= 0.3 is 6.18 Å². The van der Waals surface area contributed by atoms with E-state index in [2.05, 4.69) is 15.3 Å². The lowest BCUT2D eigenvalue weighted by atomic mass is 9.94. The molecule has 1 amide bonds. The van der Waals surface area contributed by atoms with Crippen molar-refractivity contribution in [2.45, 2.75) is 38.4 Å². The fraction of sp³-hybridized carbons (Fsp3) is 0.308. The van der Waals surface area contributed by atoms with E-state index in [1.54, 1.807) is 50.0 Å². The van der Waals surface area contributed by atoms with Crippen molar-refractivity contribution in [1.82, 2.24) is 24.5 Å². The Labute approximate surface area is 211 Å². The number of anilines is 1. The van der Waals surface area contributed by atoms with E-state index in [1.807, 2.05) is 36.7 Å². The van der Waals surface area contributed by atoms with E-state index in [1.165, 1.54) is 4.68 Å². The first-order chi connectivity index (χ1) is 17.6. The number of hydrogen-bond acceptors (Lipinski definition) is 5. The number of alkyl halides is 3. The third-order valence-electron chi connectivity index (χ3n) is 6.52. The minimum Gasteiger partial charge on any atom is -0.495 e. The number of hydrogen-bond donors (Lipinski definition) is 0. The zero-order chi connectivity index (χ0) is 26.3. The van der Waals surface area contributed by atoms with Gasteiger partial charge in [0.25, 0.3) is 5.91 Å². The molecule has 0 radical (unpaired) electrons. The summed E-state index contributed by atoms with van der Waals surface area (Å²) in [4.78, 5) is 18.5. The molecular weight excluding hydrogens is 485 g/mol. The molecule has 2 aromatic heterocycles. The van der Waals surface area contributed by atoms with Crippen LogP contribution in [0.1, 0.15) is 36.6 Å². The molecule has 0 aliphatic carbocycles.